The van der Waals surface area contributed by atoms with Gasteiger partial charge < -0.3 is 9.47 Å². The largest absolute Gasteiger partial charge is 0.486 e. The zero-order chi connectivity index (χ0) is 12.1. The molecular formula is C14H17NO2. The Hall–Kier alpha value is -1.66. The second-order valence-electron chi connectivity index (χ2n) is 3.93. The molecule has 1 aromatic carbocycles. The van der Waals surface area contributed by atoms with Crippen LogP contribution in [-0.4, -0.2) is 19.8 Å². The standard InChI is InChI=1S/C14H17NO2/c1-3-8-15-12(4-2)11-6-5-7-13-14(11)17-10-9-16-13/h2,5-7,12,15H,3,8-10H2,1H3. The van der Waals surface area contributed by atoms with E-state index in [1.54, 1.807) is 0 Å². The Kier molecular flexibility index (Phi) is 3.89. The van der Waals surface area contributed by atoms with Gasteiger partial charge in [-0.2, -0.15) is 0 Å². The van der Waals surface area contributed by atoms with Gasteiger partial charge in [0.25, 0.3) is 0 Å². The molecule has 0 aromatic heterocycles. The lowest BCUT2D eigenvalue weighted by atomic mass is 10.1. The van der Waals surface area contributed by atoms with Gasteiger partial charge in [0.15, 0.2) is 11.5 Å². The molecule has 1 aliphatic heterocycles. The number of nitrogens with one attached hydrogen (secondary N) is 1. The number of fused-ring (bicyclic) bond motifs is 1. The Morgan fingerprint density at radius 1 is 1.41 bits per heavy atom. The van der Waals surface area contributed by atoms with Crippen LogP contribution in [0.15, 0.2) is 18.2 Å². The van der Waals surface area contributed by atoms with Gasteiger partial charge in [0.1, 0.15) is 13.2 Å². The van der Waals surface area contributed by atoms with E-state index in [0.717, 1.165) is 30.0 Å². The fraction of sp³-hybridized carbons (Fsp3) is 0.429. The fourth-order valence-corrected chi connectivity index (χ4v) is 1.87. The molecule has 0 bridgehead atoms. The maximum absolute atomic E-state index is 5.66. The highest BCUT2D eigenvalue weighted by atomic mass is 16.6. The average molecular weight is 231 g/mol. The van der Waals surface area contributed by atoms with Gasteiger partial charge in [0.2, 0.25) is 0 Å². The van der Waals surface area contributed by atoms with Crippen molar-refractivity contribution in [1.29, 1.82) is 0 Å². The number of rotatable bonds is 4. The Labute approximate surface area is 102 Å². The van der Waals surface area contributed by atoms with Gasteiger partial charge in [-0.3, -0.25) is 5.32 Å². The van der Waals surface area contributed by atoms with Gasteiger partial charge in [-0.1, -0.05) is 25.0 Å². The van der Waals surface area contributed by atoms with Gasteiger partial charge in [-0.15, -0.1) is 6.42 Å². The van der Waals surface area contributed by atoms with E-state index in [2.05, 4.69) is 18.2 Å². The van der Waals surface area contributed by atoms with E-state index < -0.39 is 0 Å². The molecule has 0 radical (unpaired) electrons. The van der Waals surface area contributed by atoms with Crippen molar-refractivity contribution in [3.63, 3.8) is 0 Å². The van der Waals surface area contributed by atoms with Crippen molar-refractivity contribution < 1.29 is 9.47 Å². The summed E-state index contributed by atoms with van der Waals surface area (Å²) in [6, 6.07) is 5.72. The summed E-state index contributed by atoms with van der Waals surface area (Å²) < 4.78 is 11.2. The highest BCUT2D eigenvalue weighted by Crippen LogP contribution is 2.36. The molecule has 1 unspecified atom stereocenters. The van der Waals surface area contributed by atoms with Crippen molar-refractivity contribution in [3.8, 4) is 23.8 Å². The monoisotopic (exact) mass is 231 g/mol. The van der Waals surface area contributed by atoms with Gasteiger partial charge >= 0.3 is 0 Å². The lowest BCUT2D eigenvalue weighted by Gasteiger charge is -2.23. The lowest BCUT2D eigenvalue weighted by Crippen LogP contribution is -2.23. The van der Waals surface area contributed by atoms with Gasteiger partial charge in [0, 0.05) is 5.56 Å². The SMILES string of the molecule is C#CC(NCCC)c1cccc2c1OCCO2. The Morgan fingerprint density at radius 2 is 2.24 bits per heavy atom. The van der Waals surface area contributed by atoms with Crippen molar-refractivity contribution in [2.24, 2.45) is 0 Å². The smallest absolute Gasteiger partial charge is 0.167 e. The van der Waals surface area contributed by atoms with Crippen molar-refractivity contribution in [2.45, 2.75) is 19.4 Å². The van der Waals surface area contributed by atoms with Crippen LogP contribution in [0.3, 0.4) is 0 Å². The minimum Gasteiger partial charge on any atom is -0.486 e. The molecule has 17 heavy (non-hydrogen) atoms. The average Bonchev–Trinajstić information content (AvgIpc) is 2.40. The molecule has 1 heterocycles. The third kappa shape index (κ3) is 2.54. The molecule has 3 heteroatoms. The van der Waals surface area contributed by atoms with E-state index in [1.807, 2.05) is 18.2 Å². The quantitative estimate of drug-likeness (QED) is 0.805. The first kappa shape index (κ1) is 11.8. The molecule has 90 valence electrons. The molecule has 3 nitrogen and oxygen atoms in total. The van der Waals surface area contributed by atoms with Crippen LogP contribution in [0.4, 0.5) is 0 Å². The summed E-state index contributed by atoms with van der Waals surface area (Å²) in [4.78, 5) is 0. The highest BCUT2D eigenvalue weighted by Gasteiger charge is 2.20. The number of hydrogen-bond donors (Lipinski definition) is 1. The van der Waals surface area contributed by atoms with Crippen LogP contribution >= 0.6 is 0 Å². The summed E-state index contributed by atoms with van der Waals surface area (Å²) >= 11 is 0. The predicted octanol–water partition coefficient (Wildman–Crippen LogP) is 2.13. The topological polar surface area (TPSA) is 30.5 Å². The van der Waals surface area contributed by atoms with Crippen molar-refractivity contribution in [3.05, 3.63) is 23.8 Å². The van der Waals surface area contributed by atoms with Crippen molar-refractivity contribution >= 4 is 0 Å². The van der Waals surface area contributed by atoms with Crippen molar-refractivity contribution in [1.82, 2.24) is 5.32 Å². The molecule has 1 atom stereocenters. The van der Waals surface area contributed by atoms with E-state index >= 15 is 0 Å². The molecule has 0 aliphatic carbocycles. The summed E-state index contributed by atoms with van der Waals surface area (Å²) in [5, 5.41) is 3.31. The normalized spacial score (nSPS) is 15.1. The third-order valence-electron chi connectivity index (χ3n) is 2.67. The number of hydrogen-bond acceptors (Lipinski definition) is 3. The van der Waals surface area contributed by atoms with Crippen molar-refractivity contribution in [2.75, 3.05) is 19.8 Å². The predicted molar refractivity (Wildman–Crippen MR) is 67.3 cm³/mol. The summed E-state index contributed by atoms with van der Waals surface area (Å²) in [5.41, 5.74) is 0.984. The first-order chi connectivity index (χ1) is 8.36. The zero-order valence-corrected chi connectivity index (χ0v) is 10.0. The summed E-state index contributed by atoms with van der Waals surface area (Å²) in [7, 11) is 0. The summed E-state index contributed by atoms with van der Waals surface area (Å²) in [5.74, 6) is 4.32. The molecule has 1 aliphatic rings. The molecule has 2 rings (SSSR count). The van der Waals surface area contributed by atoms with E-state index in [1.165, 1.54) is 0 Å². The Balaban J connectivity index is 2.27. The molecule has 1 N–H and O–H groups in total. The van der Waals surface area contributed by atoms with E-state index in [0.29, 0.717) is 13.2 Å². The maximum atomic E-state index is 5.66. The van der Waals surface area contributed by atoms with Gasteiger partial charge in [-0.05, 0) is 19.0 Å². The van der Waals surface area contributed by atoms with Crippen LogP contribution < -0.4 is 14.8 Å². The fourth-order valence-electron chi connectivity index (χ4n) is 1.87. The number of benzene rings is 1. The summed E-state index contributed by atoms with van der Waals surface area (Å²) in [6.07, 6.45) is 6.62. The van der Waals surface area contributed by atoms with Crippen LogP contribution in [-0.2, 0) is 0 Å². The molecule has 0 spiro atoms. The second kappa shape index (κ2) is 5.60. The van der Waals surface area contributed by atoms with Gasteiger partial charge in [-0.25, -0.2) is 0 Å². The Bertz CT molecular complexity index is 423. The number of terminal acetylenes is 1. The van der Waals surface area contributed by atoms with E-state index in [4.69, 9.17) is 15.9 Å². The molecule has 0 fully saturated rings. The zero-order valence-electron chi connectivity index (χ0n) is 10.0. The Morgan fingerprint density at radius 3 is 3.00 bits per heavy atom. The lowest BCUT2D eigenvalue weighted by molar-refractivity contribution is 0.169. The maximum Gasteiger partial charge on any atom is 0.167 e. The van der Waals surface area contributed by atoms with E-state index in [-0.39, 0.29) is 6.04 Å². The van der Waals surface area contributed by atoms with Crippen LogP contribution in [0.5, 0.6) is 11.5 Å². The van der Waals surface area contributed by atoms with E-state index in [9.17, 15) is 0 Å². The van der Waals surface area contributed by atoms with Gasteiger partial charge in [0.05, 0.1) is 6.04 Å². The summed E-state index contributed by atoms with van der Waals surface area (Å²) in [6.45, 7) is 4.18. The molecule has 0 saturated heterocycles. The number of para-hydroxylation sites is 1. The molecule has 0 amide bonds. The minimum absolute atomic E-state index is 0.119. The third-order valence-corrected chi connectivity index (χ3v) is 2.67. The van der Waals surface area contributed by atoms with Crippen LogP contribution in [0.2, 0.25) is 0 Å². The molecule has 0 saturated carbocycles. The van der Waals surface area contributed by atoms with Crippen LogP contribution in [0, 0.1) is 12.3 Å². The van der Waals surface area contributed by atoms with Crippen LogP contribution in [0.25, 0.3) is 0 Å². The van der Waals surface area contributed by atoms with Crippen LogP contribution in [0.1, 0.15) is 24.9 Å². The highest BCUT2D eigenvalue weighted by molar-refractivity contribution is 5.50. The molecular weight excluding hydrogens is 214 g/mol. The second-order valence-corrected chi connectivity index (χ2v) is 3.93. The first-order valence-corrected chi connectivity index (χ1v) is 5.94. The minimum atomic E-state index is -0.119. The number of ether oxygens (including phenoxy) is 2. The first-order valence-electron chi connectivity index (χ1n) is 5.94. The molecule has 1 aromatic rings.